The molecule has 0 bridgehead atoms. The van der Waals surface area contributed by atoms with Crippen molar-refractivity contribution in [2.45, 2.75) is 25.7 Å². The molecule has 1 aromatic carbocycles. The number of carboxylic acids is 1. The van der Waals surface area contributed by atoms with E-state index in [1.54, 1.807) is 12.1 Å². The van der Waals surface area contributed by atoms with Crippen molar-refractivity contribution >= 4 is 11.7 Å². The number of benzene rings is 1. The Morgan fingerprint density at radius 1 is 1.47 bits per heavy atom. The number of rotatable bonds is 4. The number of aryl methyl sites for hydroxylation is 1. The van der Waals surface area contributed by atoms with Crippen molar-refractivity contribution < 1.29 is 14.3 Å². The predicted molar refractivity (Wildman–Crippen MR) is 63.8 cm³/mol. The number of halogens is 1. The standard InChI is InChI=1S/C13H16FNO2/c14-11-5-6-12-10(9-11)3-1-7-15(12)8-2-4-13(16)17/h5-6,9H,1-4,7-8H2,(H,16,17). The van der Waals surface area contributed by atoms with Gasteiger partial charge >= 0.3 is 5.97 Å². The molecule has 0 radical (unpaired) electrons. The lowest BCUT2D eigenvalue weighted by Crippen LogP contribution is -2.30. The molecule has 17 heavy (non-hydrogen) atoms. The van der Waals surface area contributed by atoms with E-state index in [0.29, 0.717) is 6.42 Å². The van der Waals surface area contributed by atoms with Crippen LogP contribution in [0.4, 0.5) is 10.1 Å². The summed E-state index contributed by atoms with van der Waals surface area (Å²) in [6.45, 7) is 1.66. The van der Waals surface area contributed by atoms with Crippen molar-refractivity contribution in [1.29, 1.82) is 0 Å². The van der Waals surface area contributed by atoms with E-state index < -0.39 is 5.97 Å². The van der Waals surface area contributed by atoms with Crippen molar-refractivity contribution in [3.8, 4) is 0 Å². The monoisotopic (exact) mass is 237 g/mol. The minimum absolute atomic E-state index is 0.188. The van der Waals surface area contributed by atoms with Gasteiger partial charge < -0.3 is 10.0 Å². The largest absolute Gasteiger partial charge is 0.481 e. The number of hydrogen-bond donors (Lipinski definition) is 1. The van der Waals surface area contributed by atoms with Gasteiger partial charge in [0.15, 0.2) is 0 Å². The number of aliphatic carboxylic acids is 1. The van der Waals surface area contributed by atoms with Crippen LogP contribution < -0.4 is 4.90 Å². The second-order valence-electron chi connectivity index (χ2n) is 4.36. The lowest BCUT2D eigenvalue weighted by molar-refractivity contribution is -0.137. The summed E-state index contributed by atoms with van der Waals surface area (Å²) in [5, 5.41) is 8.61. The highest BCUT2D eigenvalue weighted by Gasteiger charge is 2.16. The maximum Gasteiger partial charge on any atom is 0.303 e. The molecule has 0 aromatic heterocycles. The van der Waals surface area contributed by atoms with Gasteiger partial charge in [0.1, 0.15) is 5.82 Å². The molecule has 92 valence electrons. The van der Waals surface area contributed by atoms with E-state index >= 15 is 0 Å². The van der Waals surface area contributed by atoms with E-state index in [9.17, 15) is 9.18 Å². The SMILES string of the molecule is O=C(O)CCCN1CCCc2cc(F)ccc21. The third-order valence-corrected chi connectivity index (χ3v) is 3.08. The van der Waals surface area contributed by atoms with E-state index in [1.165, 1.54) is 6.07 Å². The highest BCUT2D eigenvalue weighted by molar-refractivity contribution is 5.66. The summed E-state index contributed by atoms with van der Waals surface area (Å²) in [6.07, 6.45) is 2.73. The number of anilines is 1. The van der Waals surface area contributed by atoms with Crippen LogP contribution >= 0.6 is 0 Å². The van der Waals surface area contributed by atoms with Gasteiger partial charge in [-0.25, -0.2) is 4.39 Å². The average molecular weight is 237 g/mol. The number of nitrogens with zero attached hydrogens (tertiary/aromatic N) is 1. The number of carboxylic acid groups (broad SMARTS) is 1. The van der Waals surface area contributed by atoms with Crippen LogP contribution in [0.2, 0.25) is 0 Å². The maximum atomic E-state index is 13.1. The van der Waals surface area contributed by atoms with Crippen LogP contribution in [0.1, 0.15) is 24.8 Å². The summed E-state index contributed by atoms with van der Waals surface area (Å²) < 4.78 is 13.1. The Kier molecular flexibility index (Phi) is 3.61. The zero-order valence-electron chi connectivity index (χ0n) is 9.66. The van der Waals surface area contributed by atoms with Crippen LogP contribution in [0.3, 0.4) is 0 Å². The van der Waals surface area contributed by atoms with Crippen LogP contribution in [0.15, 0.2) is 18.2 Å². The summed E-state index contributed by atoms with van der Waals surface area (Å²) in [4.78, 5) is 12.6. The highest BCUT2D eigenvalue weighted by Crippen LogP contribution is 2.27. The molecule has 3 nitrogen and oxygen atoms in total. The van der Waals surface area contributed by atoms with Crippen molar-refractivity contribution in [2.24, 2.45) is 0 Å². The first-order valence-electron chi connectivity index (χ1n) is 5.92. The minimum Gasteiger partial charge on any atom is -0.481 e. The van der Waals surface area contributed by atoms with Gasteiger partial charge in [0.25, 0.3) is 0 Å². The normalized spacial score (nSPS) is 14.5. The van der Waals surface area contributed by atoms with Gasteiger partial charge in [0, 0.05) is 25.2 Å². The van der Waals surface area contributed by atoms with E-state index in [2.05, 4.69) is 4.90 Å². The van der Waals surface area contributed by atoms with Crippen LogP contribution in [-0.2, 0) is 11.2 Å². The predicted octanol–water partition coefficient (Wildman–Crippen LogP) is 2.44. The quantitative estimate of drug-likeness (QED) is 0.874. The molecule has 1 heterocycles. The topological polar surface area (TPSA) is 40.5 Å². The van der Waals surface area contributed by atoms with E-state index in [-0.39, 0.29) is 12.2 Å². The molecular formula is C13H16FNO2. The summed E-state index contributed by atoms with van der Waals surface area (Å²) in [6, 6.07) is 4.84. The number of hydrogen-bond acceptors (Lipinski definition) is 2. The van der Waals surface area contributed by atoms with E-state index in [4.69, 9.17) is 5.11 Å². The van der Waals surface area contributed by atoms with Gasteiger partial charge in [-0.15, -0.1) is 0 Å². The Bertz CT molecular complexity index is 420. The Morgan fingerprint density at radius 2 is 2.29 bits per heavy atom. The smallest absolute Gasteiger partial charge is 0.303 e. The van der Waals surface area contributed by atoms with Gasteiger partial charge in [-0.05, 0) is 43.0 Å². The van der Waals surface area contributed by atoms with Gasteiger partial charge in [-0.1, -0.05) is 0 Å². The third-order valence-electron chi connectivity index (χ3n) is 3.08. The molecular weight excluding hydrogens is 221 g/mol. The van der Waals surface area contributed by atoms with Crippen molar-refractivity contribution in [3.63, 3.8) is 0 Å². The first kappa shape index (κ1) is 11.9. The molecule has 2 rings (SSSR count). The molecule has 0 saturated carbocycles. The molecule has 0 unspecified atom stereocenters. The van der Waals surface area contributed by atoms with Crippen molar-refractivity contribution in [3.05, 3.63) is 29.6 Å². The summed E-state index contributed by atoms with van der Waals surface area (Å²) in [7, 11) is 0. The summed E-state index contributed by atoms with van der Waals surface area (Å²) >= 11 is 0. The summed E-state index contributed by atoms with van der Waals surface area (Å²) in [5.41, 5.74) is 2.09. The highest BCUT2D eigenvalue weighted by atomic mass is 19.1. The number of fused-ring (bicyclic) bond motifs is 1. The van der Waals surface area contributed by atoms with Crippen LogP contribution in [0, 0.1) is 5.82 Å². The van der Waals surface area contributed by atoms with Crippen LogP contribution in [-0.4, -0.2) is 24.2 Å². The van der Waals surface area contributed by atoms with Crippen LogP contribution in [0.25, 0.3) is 0 Å². The third kappa shape index (κ3) is 2.96. The molecule has 1 aromatic rings. The molecule has 0 fully saturated rings. The zero-order chi connectivity index (χ0) is 12.3. The van der Waals surface area contributed by atoms with E-state index in [0.717, 1.165) is 37.2 Å². The van der Waals surface area contributed by atoms with E-state index in [1.807, 2.05) is 0 Å². The van der Waals surface area contributed by atoms with Gasteiger partial charge in [0.05, 0.1) is 0 Å². The molecule has 1 aliphatic heterocycles. The lowest BCUT2D eigenvalue weighted by atomic mass is 10.0. The fraction of sp³-hybridized carbons (Fsp3) is 0.462. The molecule has 1 N–H and O–H groups in total. The van der Waals surface area contributed by atoms with Gasteiger partial charge in [0.2, 0.25) is 0 Å². The molecule has 0 aliphatic carbocycles. The molecule has 0 spiro atoms. The average Bonchev–Trinajstić information content (AvgIpc) is 2.28. The van der Waals surface area contributed by atoms with Crippen molar-refractivity contribution in [2.75, 3.05) is 18.0 Å². The Balaban J connectivity index is 2.04. The Hall–Kier alpha value is -1.58. The Labute approximate surface area is 99.9 Å². The minimum atomic E-state index is -0.763. The second-order valence-corrected chi connectivity index (χ2v) is 4.36. The first-order chi connectivity index (χ1) is 8.16. The fourth-order valence-electron chi connectivity index (χ4n) is 2.30. The lowest BCUT2D eigenvalue weighted by Gasteiger charge is -2.31. The molecule has 0 atom stereocenters. The number of carbonyl (C=O) groups is 1. The Morgan fingerprint density at radius 3 is 3.06 bits per heavy atom. The zero-order valence-corrected chi connectivity index (χ0v) is 9.66. The second kappa shape index (κ2) is 5.17. The van der Waals surface area contributed by atoms with Gasteiger partial charge in [-0.3, -0.25) is 4.79 Å². The first-order valence-corrected chi connectivity index (χ1v) is 5.92. The molecule has 4 heteroatoms. The fourth-order valence-corrected chi connectivity index (χ4v) is 2.30. The molecule has 0 amide bonds. The van der Waals surface area contributed by atoms with Crippen molar-refractivity contribution in [1.82, 2.24) is 0 Å². The van der Waals surface area contributed by atoms with Crippen LogP contribution in [0.5, 0.6) is 0 Å². The maximum absolute atomic E-state index is 13.1. The summed E-state index contributed by atoms with van der Waals surface area (Å²) in [5.74, 6) is -0.961. The molecule has 0 saturated heterocycles. The van der Waals surface area contributed by atoms with Gasteiger partial charge in [-0.2, -0.15) is 0 Å². The molecule has 1 aliphatic rings.